The van der Waals surface area contributed by atoms with Gasteiger partial charge in [-0.05, 0) is 44.0 Å². The number of hydrogen-bond donors (Lipinski definition) is 2. The first-order valence-electron chi connectivity index (χ1n) is 5.55. The third-order valence-corrected chi connectivity index (χ3v) is 3.58. The first-order chi connectivity index (χ1) is 7.29. The first-order valence-corrected chi connectivity index (χ1v) is 5.55. The zero-order valence-electron chi connectivity index (χ0n) is 8.65. The SMILES string of the molecule is Fc1cccc2c1NC1(CCNCC1)C2. The quantitative estimate of drug-likeness (QED) is 0.677. The van der Waals surface area contributed by atoms with Gasteiger partial charge in [0, 0.05) is 5.54 Å². The van der Waals surface area contributed by atoms with Crippen LogP contribution in [0.5, 0.6) is 0 Å². The van der Waals surface area contributed by atoms with Crippen molar-refractivity contribution in [1.29, 1.82) is 0 Å². The van der Waals surface area contributed by atoms with Crippen LogP contribution >= 0.6 is 0 Å². The molecule has 3 rings (SSSR count). The Morgan fingerprint density at radius 2 is 2.00 bits per heavy atom. The monoisotopic (exact) mass is 206 g/mol. The molecule has 1 saturated heterocycles. The summed E-state index contributed by atoms with van der Waals surface area (Å²) in [6, 6.07) is 5.37. The molecular formula is C12H15FN2. The highest BCUT2D eigenvalue weighted by Gasteiger charge is 2.38. The molecule has 0 unspecified atom stereocenters. The van der Waals surface area contributed by atoms with Gasteiger partial charge in [0.1, 0.15) is 5.82 Å². The molecule has 2 heterocycles. The van der Waals surface area contributed by atoms with Gasteiger partial charge < -0.3 is 10.6 Å². The van der Waals surface area contributed by atoms with Crippen LogP contribution in [0.25, 0.3) is 0 Å². The van der Waals surface area contributed by atoms with Gasteiger partial charge in [-0.3, -0.25) is 0 Å². The minimum atomic E-state index is -0.108. The van der Waals surface area contributed by atoms with Crippen LogP contribution in [0, 0.1) is 5.82 Å². The number of para-hydroxylation sites is 1. The Balaban J connectivity index is 1.94. The summed E-state index contributed by atoms with van der Waals surface area (Å²) in [4.78, 5) is 0. The summed E-state index contributed by atoms with van der Waals surface area (Å²) in [6.07, 6.45) is 3.14. The number of fused-ring (bicyclic) bond motifs is 1. The lowest BCUT2D eigenvalue weighted by Crippen LogP contribution is -2.46. The summed E-state index contributed by atoms with van der Waals surface area (Å²) in [5.74, 6) is -0.108. The average molecular weight is 206 g/mol. The molecule has 15 heavy (non-hydrogen) atoms. The first kappa shape index (κ1) is 9.16. The van der Waals surface area contributed by atoms with E-state index >= 15 is 0 Å². The minimum absolute atomic E-state index is 0.108. The van der Waals surface area contributed by atoms with Crippen LogP contribution < -0.4 is 10.6 Å². The fourth-order valence-electron chi connectivity index (χ4n) is 2.74. The number of benzene rings is 1. The number of rotatable bonds is 0. The summed E-state index contributed by atoms with van der Waals surface area (Å²) in [7, 11) is 0. The zero-order chi connectivity index (χ0) is 10.3. The molecule has 0 amide bonds. The van der Waals surface area contributed by atoms with Crippen molar-refractivity contribution in [3.8, 4) is 0 Å². The Labute approximate surface area is 88.9 Å². The number of halogens is 1. The van der Waals surface area contributed by atoms with Gasteiger partial charge in [0.05, 0.1) is 5.69 Å². The minimum Gasteiger partial charge on any atom is -0.377 e. The molecule has 0 saturated carbocycles. The molecule has 2 aliphatic rings. The molecule has 1 aromatic carbocycles. The van der Waals surface area contributed by atoms with Crippen LogP contribution in [0.3, 0.4) is 0 Å². The molecule has 80 valence electrons. The maximum atomic E-state index is 13.6. The molecule has 1 fully saturated rings. The van der Waals surface area contributed by atoms with Crippen molar-refractivity contribution in [2.24, 2.45) is 0 Å². The Morgan fingerprint density at radius 3 is 2.73 bits per heavy atom. The summed E-state index contributed by atoms with van der Waals surface area (Å²) >= 11 is 0. The van der Waals surface area contributed by atoms with Crippen LogP contribution in [0.2, 0.25) is 0 Å². The van der Waals surface area contributed by atoms with Crippen LogP contribution in [0.15, 0.2) is 18.2 Å². The van der Waals surface area contributed by atoms with Gasteiger partial charge in [-0.1, -0.05) is 12.1 Å². The predicted molar refractivity (Wildman–Crippen MR) is 58.6 cm³/mol. The molecule has 1 spiro atoms. The summed E-state index contributed by atoms with van der Waals surface area (Å²) in [5, 5.41) is 6.75. The Bertz CT molecular complexity index is 383. The topological polar surface area (TPSA) is 24.1 Å². The fraction of sp³-hybridized carbons (Fsp3) is 0.500. The zero-order valence-corrected chi connectivity index (χ0v) is 8.65. The van der Waals surface area contributed by atoms with E-state index < -0.39 is 0 Å². The highest BCUT2D eigenvalue weighted by molar-refractivity contribution is 5.60. The van der Waals surface area contributed by atoms with E-state index in [1.165, 1.54) is 6.07 Å². The van der Waals surface area contributed by atoms with Crippen LogP contribution in [-0.4, -0.2) is 18.6 Å². The molecule has 0 aromatic heterocycles. The molecule has 0 aliphatic carbocycles. The van der Waals surface area contributed by atoms with Crippen molar-refractivity contribution < 1.29 is 4.39 Å². The predicted octanol–water partition coefficient (Wildman–Crippen LogP) is 1.92. The lowest BCUT2D eigenvalue weighted by atomic mass is 9.86. The highest BCUT2D eigenvalue weighted by atomic mass is 19.1. The van der Waals surface area contributed by atoms with Gasteiger partial charge in [-0.25, -0.2) is 4.39 Å². The van der Waals surface area contributed by atoms with Crippen molar-refractivity contribution >= 4 is 5.69 Å². The molecule has 0 atom stereocenters. The van der Waals surface area contributed by atoms with Crippen molar-refractivity contribution in [2.75, 3.05) is 18.4 Å². The molecule has 1 aromatic rings. The third kappa shape index (κ3) is 1.42. The second-order valence-corrected chi connectivity index (χ2v) is 4.61. The highest BCUT2D eigenvalue weighted by Crippen LogP contribution is 2.38. The van der Waals surface area contributed by atoms with Crippen LogP contribution in [0.4, 0.5) is 10.1 Å². The summed E-state index contributed by atoms with van der Waals surface area (Å²) in [5.41, 5.74) is 1.99. The normalized spacial score (nSPS) is 22.5. The Morgan fingerprint density at radius 1 is 1.20 bits per heavy atom. The smallest absolute Gasteiger partial charge is 0.146 e. The molecule has 2 nitrogen and oxygen atoms in total. The van der Waals surface area contributed by atoms with Crippen LogP contribution in [-0.2, 0) is 6.42 Å². The lowest BCUT2D eigenvalue weighted by molar-refractivity contribution is 0.347. The van der Waals surface area contributed by atoms with Crippen molar-refractivity contribution in [3.63, 3.8) is 0 Å². The van der Waals surface area contributed by atoms with E-state index in [-0.39, 0.29) is 11.4 Å². The van der Waals surface area contributed by atoms with E-state index in [2.05, 4.69) is 10.6 Å². The van der Waals surface area contributed by atoms with Gasteiger partial charge >= 0.3 is 0 Å². The summed E-state index contributed by atoms with van der Waals surface area (Å²) < 4.78 is 13.6. The number of piperidine rings is 1. The van der Waals surface area contributed by atoms with Crippen molar-refractivity contribution in [3.05, 3.63) is 29.6 Å². The van der Waals surface area contributed by atoms with E-state index in [4.69, 9.17) is 0 Å². The standard InChI is InChI=1S/C12H15FN2/c13-10-3-1-2-9-8-12(15-11(9)10)4-6-14-7-5-12/h1-3,14-15H,4-8H2. The fourth-order valence-corrected chi connectivity index (χ4v) is 2.74. The van der Waals surface area contributed by atoms with E-state index in [1.807, 2.05) is 6.07 Å². The number of hydrogen-bond acceptors (Lipinski definition) is 2. The van der Waals surface area contributed by atoms with Gasteiger partial charge in [0.25, 0.3) is 0 Å². The average Bonchev–Trinajstić information content (AvgIpc) is 2.59. The van der Waals surface area contributed by atoms with Crippen LogP contribution in [0.1, 0.15) is 18.4 Å². The largest absolute Gasteiger partial charge is 0.377 e. The maximum Gasteiger partial charge on any atom is 0.146 e. The van der Waals surface area contributed by atoms with Gasteiger partial charge in [0.2, 0.25) is 0 Å². The third-order valence-electron chi connectivity index (χ3n) is 3.58. The second kappa shape index (κ2) is 3.20. The molecule has 0 radical (unpaired) electrons. The van der Waals surface area contributed by atoms with E-state index in [0.29, 0.717) is 0 Å². The summed E-state index contributed by atoms with van der Waals surface area (Å²) in [6.45, 7) is 2.06. The van der Waals surface area contributed by atoms with E-state index in [1.54, 1.807) is 6.07 Å². The Kier molecular flexibility index (Phi) is 1.96. The van der Waals surface area contributed by atoms with E-state index in [0.717, 1.165) is 43.6 Å². The van der Waals surface area contributed by atoms with Crippen molar-refractivity contribution in [2.45, 2.75) is 24.8 Å². The second-order valence-electron chi connectivity index (χ2n) is 4.61. The van der Waals surface area contributed by atoms with Gasteiger partial charge in [-0.15, -0.1) is 0 Å². The number of anilines is 1. The molecule has 2 aliphatic heterocycles. The van der Waals surface area contributed by atoms with E-state index in [9.17, 15) is 4.39 Å². The van der Waals surface area contributed by atoms with Gasteiger partial charge in [0.15, 0.2) is 0 Å². The number of nitrogens with one attached hydrogen (secondary N) is 2. The van der Waals surface area contributed by atoms with Gasteiger partial charge in [-0.2, -0.15) is 0 Å². The lowest BCUT2D eigenvalue weighted by Gasteiger charge is -2.34. The Hall–Kier alpha value is -1.09. The molecule has 3 heteroatoms. The molecular weight excluding hydrogens is 191 g/mol. The maximum absolute atomic E-state index is 13.6. The van der Waals surface area contributed by atoms with Crippen molar-refractivity contribution in [1.82, 2.24) is 5.32 Å². The molecule has 2 N–H and O–H groups in total. The molecule has 0 bridgehead atoms.